The van der Waals surface area contributed by atoms with Crippen molar-refractivity contribution in [3.8, 4) is 5.75 Å². The van der Waals surface area contributed by atoms with Gasteiger partial charge in [0.2, 0.25) is 0 Å². The summed E-state index contributed by atoms with van der Waals surface area (Å²) in [5, 5.41) is 3.41. The first-order chi connectivity index (χ1) is 13.0. The first kappa shape index (κ1) is 19.5. The molecule has 1 saturated heterocycles. The molecule has 144 valence electrons. The van der Waals surface area contributed by atoms with Crippen LogP contribution in [-0.2, 0) is 11.3 Å². The molecule has 0 saturated carbocycles. The van der Waals surface area contributed by atoms with Gasteiger partial charge in [0, 0.05) is 38.4 Å². The predicted molar refractivity (Wildman–Crippen MR) is 110 cm³/mol. The number of anilines is 1. The van der Waals surface area contributed by atoms with E-state index >= 15 is 0 Å². The third kappa shape index (κ3) is 5.37. The van der Waals surface area contributed by atoms with E-state index in [2.05, 4.69) is 46.4 Å². The van der Waals surface area contributed by atoms with E-state index in [1.54, 1.807) is 19.1 Å². The van der Waals surface area contributed by atoms with E-state index in [-0.39, 0.29) is 5.91 Å². The van der Waals surface area contributed by atoms with Crippen LogP contribution in [0.2, 0.25) is 5.02 Å². The van der Waals surface area contributed by atoms with Crippen LogP contribution in [0.1, 0.15) is 12.5 Å². The van der Waals surface area contributed by atoms with Crippen molar-refractivity contribution >= 4 is 23.2 Å². The van der Waals surface area contributed by atoms with Crippen LogP contribution in [0.5, 0.6) is 5.75 Å². The number of amides is 1. The van der Waals surface area contributed by atoms with Gasteiger partial charge in [-0.2, -0.15) is 0 Å². The Balaban J connectivity index is 1.49. The van der Waals surface area contributed by atoms with Gasteiger partial charge in [-0.15, -0.1) is 0 Å². The smallest absolute Gasteiger partial charge is 0.261 e. The number of ether oxygens (including phenoxy) is 1. The number of hydrogen-bond donors (Lipinski definition) is 1. The molecule has 1 atom stereocenters. The number of halogens is 1. The van der Waals surface area contributed by atoms with Gasteiger partial charge in [0.05, 0.1) is 5.02 Å². The fourth-order valence-electron chi connectivity index (χ4n) is 3.01. The molecule has 1 heterocycles. The zero-order valence-corrected chi connectivity index (χ0v) is 16.6. The summed E-state index contributed by atoms with van der Waals surface area (Å²) < 4.78 is 5.65. The lowest BCUT2D eigenvalue weighted by Gasteiger charge is -2.34. The number of likely N-dealkylation sites (N-methyl/N-ethyl adjacent to an activating group) is 1. The number of rotatable bonds is 6. The van der Waals surface area contributed by atoms with Crippen molar-refractivity contribution in [2.75, 3.05) is 38.1 Å². The van der Waals surface area contributed by atoms with Gasteiger partial charge < -0.3 is 19.9 Å². The molecule has 1 N–H and O–H groups in total. The maximum atomic E-state index is 12.3. The Morgan fingerprint density at radius 2 is 1.78 bits per heavy atom. The van der Waals surface area contributed by atoms with Gasteiger partial charge in [0.25, 0.3) is 5.91 Å². The summed E-state index contributed by atoms with van der Waals surface area (Å²) in [4.78, 5) is 17.0. The molecule has 3 rings (SSSR count). The van der Waals surface area contributed by atoms with E-state index in [1.165, 1.54) is 5.69 Å². The molecule has 27 heavy (non-hydrogen) atoms. The summed E-state index contributed by atoms with van der Waals surface area (Å²) in [5.41, 5.74) is 2.29. The minimum atomic E-state index is -0.616. The van der Waals surface area contributed by atoms with Crippen molar-refractivity contribution in [2.24, 2.45) is 0 Å². The second-order valence-electron chi connectivity index (χ2n) is 6.87. The fraction of sp³-hybridized carbons (Fsp3) is 0.381. The quantitative estimate of drug-likeness (QED) is 0.826. The Bertz CT molecular complexity index is 758. The Kier molecular flexibility index (Phi) is 6.58. The summed E-state index contributed by atoms with van der Waals surface area (Å²) >= 11 is 6.07. The standard InChI is InChI=1S/C21H26ClN3O2/c1-16(27-20-6-4-3-5-19(20)22)21(26)23-15-17-7-9-18(10-8-17)25-13-11-24(2)12-14-25/h3-10,16H,11-15H2,1-2H3,(H,23,26)/t16-/m1/s1. The average Bonchev–Trinajstić information content (AvgIpc) is 2.69. The van der Waals surface area contributed by atoms with Crippen LogP contribution < -0.4 is 15.0 Å². The lowest BCUT2D eigenvalue weighted by Crippen LogP contribution is -2.44. The molecule has 0 aliphatic carbocycles. The minimum Gasteiger partial charge on any atom is -0.479 e. The van der Waals surface area contributed by atoms with Gasteiger partial charge in [0.1, 0.15) is 5.75 Å². The van der Waals surface area contributed by atoms with Crippen molar-refractivity contribution in [1.29, 1.82) is 0 Å². The summed E-state index contributed by atoms with van der Waals surface area (Å²) in [5.74, 6) is 0.344. The van der Waals surface area contributed by atoms with Crippen LogP contribution in [-0.4, -0.2) is 50.1 Å². The lowest BCUT2D eigenvalue weighted by molar-refractivity contribution is -0.127. The second-order valence-corrected chi connectivity index (χ2v) is 7.27. The Labute approximate surface area is 165 Å². The topological polar surface area (TPSA) is 44.8 Å². The number of para-hydroxylation sites is 1. The van der Waals surface area contributed by atoms with E-state index in [0.717, 1.165) is 31.7 Å². The maximum Gasteiger partial charge on any atom is 0.261 e. The molecule has 5 nitrogen and oxygen atoms in total. The summed E-state index contributed by atoms with van der Waals surface area (Å²) in [6.07, 6.45) is -0.616. The minimum absolute atomic E-state index is 0.168. The monoisotopic (exact) mass is 387 g/mol. The molecule has 0 bridgehead atoms. The molecule has 1 aliphatic heterocycles. The number of carbonyl (C=O) groups is 1. The normalized spacial score (nSPS) is 16.0. The zero-order chi connectivity index (χ0) is 19.2. The molecule has 2 aromatic carbocycles. The molecule has 1 fully saturated rings. The highest BCUT2D eigenvalue weighted by Crippen LogP contribution is 2.24. The molecule has 1 aliphatic rings. The van der Waals surface area contributed by atoms with Gasteiger partial charge in [-0.1, -0.05) is 35.9 Å². The summed E-state index contributed by atoms with van der Waals surface area (Å²) in [7, 11) is 2.15. The van der Waals surface area contributed by atoms with Crippen molar-refractivity contribution in [1.82, 2.24) is 10.2 Å². The molecule has 6 heteroatoms. The van der Waals surface area contributed by atoms with Crippen LogP contribution in [0.25, 0.3) is 0 Å². The number of nitrogens with zero attached hydrogens (tertiary/aromatic N) is 2. The zero-order valence-electron chi connectivity index (χ0n) is 15.8. The summed E-state index contributed by atoms with van der Waals surface area (Å²) in [6, 6.07) is 15.5. The third-order valence-electron chi connectivity index (χ3n) is 4.78. The number of hydrogen-bond acceptors (Lipinski definition) is 4. The molecular formula is C21H26ClN3O2. The fourth-order valence-corrected chi connectivity index (χ4v) is 3.19. The molecule has 0 radical (unpaired) electrons. The van der Waals surface area contributed by atoms with Crippen LogP contribution >= 0.6 is 11.6 Å². The highest BCUT2D eigenvalue weighted by atomic mass is 35.5. The lowest BCUT2D eigenvalue weighted by atomic mass is 10.1. The molecule has 1 amide bonds. The number of piperazine rings is 1. The SMILES string of the molecule is C[C@@H](Oc1ccccc1Cl)C(=O)NCc1ccc(N2CCN(C)CC2)cc1. The molecular weight excluding hydrogens is 362 g/mol. The molecule has 0 spiro atoms. The van der Waals surface area contributed by atoms with Crippen LogP contribution in [0.4, 0.5) is 5.69 Å². The second kappa shape index (κ2) is 9.11. The van der Waals surface area contributed by atoms with Crippen LogP contribution in [0, 0.1) is 0 Å². The van der Waals surface area contributed by atoms with E-state index in [4.69, 9.17) is 16.3 Å². The van der Waals surface area contributed by atoms with Crippen LogP contribution in [0.3, 0.4) is 0 Å². The summed E-state index contributed by atoms with van der Waals surface area (Å²) in [6.45, 7) is 6.45. The number of carbonyl (C=O) groups excluding carboxylic acids is 1. The van der Waals surface area contributed by atoms with Gasteiger partial charge in [-0.25, -0.2) is 0 Å². The van der Waals surface area contributed by atoms with E-state index in [0.29, 0.717) is 17.3 Å². The highest BCUT2D eigenvalue weighted by molar-refractivity contribution is 6.32. The van der Waals surface area contributed by atoms with Crippen molar-refractivity contribution in [3.63, 3.8) is 0 Å². The predicted octanol–water partition coefficient (Wildman–Crippen LogP) is 3.18. The van der Waals surface area contributed by atoms with E-state index < -0.39 is 6.10 Å². The largest absolute Gasteiger partial charge is 0.479 e. The number of nitrogens with one attached hydrogen (secondary N) is 1. The third-order valence-corrected chi connectivity index (χ3v) is 5.09. The van der Waals surface area contributed by atoms with E-state index in [1.807, 2.05) is 12.1 Å². The van der Waals surface area contributed by atoms with Crippen molar-refractivity contribution < 1.29 is 9.53 Å². The van der Waals surface area contributed by atoms with Crippen molar-refractivity contribution in [3.05, 3.63) is 59.1 Å². The van der Waals surface area contributed by atoms with E-state index in [9.17, 15) is 4.79 Å². The van der Waals surface area contributed by atoms with Gasteiger partial charge in [-0.05, 0) is 43.8 Å². The van der Waals surface area contributed by atoms with Gasteiger partial charge >= 0.3 is 0 Å². The average molecular weight is 388 g/mol. The molecule has 2 aromatic rings. The maximum absolute atomic E-state index is 12.3. The Morgan fingerprint density at radius 3 is 2.44 bits per heavy atom. The van der Waals surface area contributed by atoms with Crippen LogP contribution in [0.15, 0.2) is 48.5 Å². The molecule has 0 aromatic heterocycles. The van der Waals surface area contributed by atoms with Crippen molar-refractivity contribution in [2.45, 2.75) is 19.6 Å². The number of benzene rings is 2. The van der Waals surface area contributed by atoms with Gasteiger partial charge in [0.15, 0.2) is 6.10 Å². The highest BCUT2D eigenvalue weighted by Gasteiger charge is 2.16. The molecule has 0 unspecified atom stereocenters. The first-order valence-electron chi connectivity index (χ1n) is 9.24. The Morgan fingerprint density at radius 1 is 1.11 bits per heavy atom. The first-order valence-corrected chi connectivity index (χ1v) is 9.62. The Hall–Kier alpha value is -2.24. The van der Waals surface area contributed by atoms with Gasteiger partial charge in [-0.3, -0.25) is 4.79 Å².